The number of fused-ring (bicyclic) bond motifs is 1. The van der Waals surface area contributed by atoms with Crippen molar-refractivity contribution in [1.29, 1.82) is 0 Å². The number of anilines is 2. The predicted molar refractivity (Wildman–Crippen MR) is 151 cm³/mol. The normalized spacial score (nSPS) is 17.9. The molecule has 4 N–H and O–H groups in total. The zero-order valence-corrected chi connectivity index (χ0v) is 22.9. The molecule has 1 aliphatic carbocycles. The van der Waals surface area contributed by atoms with Gasteiger partial charge in [0.2, 0.25) is 11.9 Å². The van der Waals surface area contributed by atoms with Crippen LogP contribution >= 0.6 is 11.6 Å². The highest BCUT2D eigenvalue weighted by Crippen LogP contribution is 2.30. The summed E-state index contributed by atoms with van der Waals surface area (Å²) in [5.41, 5.74) is 10.4. The number of aromatic nitrogens is 4. The summed E-state index contributed by atoms with van der Waals surface area (Å²) in [5, 5.41) is 4.52. The molecule has 0 bridgehead atoms. The number of nitrogens with one attached hydrogen (secondary N) is 2. The van der Waals surface area contributed by atoms with E-state index in [9.17, 15) is 8.42 Å². The number of hydrogen-bond donors (Lipinski definition) is 3. The SMILES string of the molecule is CCc1cc(-c2cnc(NS(=O)(=O)c3ccccc3Cl)nc2C)cc2cnc(N[C@H]3CC[C@H](N)CC3)nc12. The summed E-state index contributed by atoms with van der Waals surface area (Å²) in [6.45, 7) is 3.91. The van der Waals surface area contributed by atoms with Crippen LogP contribution in [0.3, 0.4) is 0 Å². The minimum atomic E-state index is -3.93. The topological polar surface area (TPSA) is 136 Å². The van der Waals surface area contributed by atoms with Gasteiger partial charge in [-0.3, -0.25) is 0 Å². The zero-order chi connectivity index (χ0) is 26.9. The molecular weight excluding hydrogens is 522 g/mol. The van der Waals surface area contributed by atoms with Gasteiger partial charge in [0, 0.05) is 35.4 Å². The highest BCUT2D eigenvalue weighted by atomic mass is 35.5. The average molecular weight is 552 g/mol. The first-order chi connectivity index (χ1) is 18.2. The molecule has 2 aromatic carbocycles. The van der Waals surface area contributed by atoms with E-state index in [1.165, 1.54) is 12.1 Å². The van der Waals surface area contributed by atoms with E-state index >= 15 is 0 Å². The van der Waals surface area contributed by atoms with E-state index in [2.05, 4.69) is 38.0 Å². The molecule has 4 aromatic rings. The third-order valence-corrected chi connectivity index (χ3v) is 8.72. The second-order valence-corrected chi connectivity index (χ2v) is 11.7. The van der Waals surface area contributed by atoms with E-state index in [0.29, 0.717) is 23.7 Å². The Kier molecular flexibility index (Phi) is 7.47. The molecule has 9 nitrogen and oxygen atoms in total. The van der Waals surface area contributed by atoms with E-state index in [1.54, 1.807) is 18.3 Å². The first-order valence-corrected chi connectivity index (χ1v) is 14.5. The molecule has 0 saturated heterocycles. The lowest BCUT2D eigenvalue weighted by molar-refractivity contribution is 0.410. The molecule has 0 aliphatic heterocycles. The van der Waals surface area contributed by atoms with Crippen molar-refractivity contribution in [2.24, 2.45) is 5.73 Å². The Morgan fingerprint density at radius 1 is 1.03 bits per heavy atom. The molecule has 1 fully saturated rings. The second-order valence-electron chi connectivity index (χ2n) is 9.61. The van der Waals surface area contributed by atoms with Gasteiger partial charge in [-0.2, -0.15) is 0 Å². The number of aryl methyl sites for hydroxylation is 2. The number of benzene rings is 2. The summed E-state index contributed by atoms with van der Waals surface area (Å²) in [4.78, 5) is 18.1. The number of halogens is 1. The van der Waals surface area contributed by atoms with Gasteiger partial charge < -0.3 is 11.1 Å². The molecule has 2 aromatic heterocycles. The lowest BCUT2D eigenvalue weighted by Gasteiger charge is -2.26. The molecule has 198 valence electrons. The molecule has 0 atom stereocenters. The lowest BCUT2D eigenvalue weighted by Crippen LogP contribution is -2.33. The monoisotopic (exact) mass is 551 g/mol. The van der Waals surface area contributed by atoms with Gasteiger partial charge >= 0.3 is 0 Å². The Morgan fingerprint density at radius 3 is 2.47 bits per heavy atom. The maximum Gasteiger partial charge on any atom is 0.265 e. The molecule has 5 rings (SSSR count). The summed E-state index contributed by atoms with van der Waals surface area (Å²) in [7, 11) is -3.93. The summed E-state index contributed by atoms with van der Waals surface area (Å²) in [6.07, 6.45) is 8.31. The fourth-order valence-electron chi connectivity index (χ4n) is 4.80. The highest BCUT2D eigenvalue weighted by Gasteiger charge is 2.21. The maximum absolute atomic E-state index is 12.8. The second kappa shape index (κ2) is 10.8. The van der Waals surface area contributed by atoms with Gasteiger partial charge in [0.1, 0.15) is 4.90 Å². The third kappa shape index (κ3) is 5.57. The van der Waals surface area contributed by atoms with Crippen LogP contribution in [0.25, 0.3) is 22.0 Å². The number of hydrogen-bond acceptors (Lipinski definition) is 8. The molecule has 0 spiro atoms. The molecule has 1 saturated carbocycles. The number of sulfonamides is 1. The Morgan fingerprint density at radius 2 is 1.76 bits per heavy atom. The van der Waals surface area contributed by atoms with Crippen LogP contribution in [0.5, 0.6) is 0 Å². The standard InChI is InChI=1S/C27H30ClN7O2S/c1-3-17-12-18(13-19-14-30-26(34-25(17)19)33-21-10-8-20(29)9-11-21)22-15-31-27(32-16(22)2)35-38(36,37)24-7-5-4-6-23(24)28/h4-7,12-15,20-21H,3,8-11,29H2,1-2H3,(H,30,33,34)(H,31,32,35)/t20-,21-. The van der Waals surface area contributed by atoms with Crippen molar-refractivity contribution in [3.05, 3.63) is 65.1 Å². The van der Waals surface area contributed by atoms with E-state index in [-0.39, 0.29) is 15.9 Å². The molecule has 0 amide bonds. The van der Waals surface area contributed by atoms with Crippen LogP contribution in [0.4, 0.5) is 11.9 Å². The smallest absolute Gasteiger partial charge is 0.265 e. The van der Waals surface area contributed by atoms with E-state index in [1.807, 2.05) is 19.2 Å². The molecule has 0 unspecified atom stereocenters. The minimum Gasteiger partial charge on any atom is -0.351 e. The van der Waals surface area contributed by atoms with Crippen LogP contribution in [0.1, 0.15) is 43.9 Å². The van der Waals surface area contributed by atoms with E-state index in [4.69, 9.17) is 22.3 Å². The quantitative estimate of drug-likeness (QED) is 0.289. The van der Waals surface area contributed by atoms with Crippen molar-refractivity contribution in [3.63, 3.8) is 0 Å². The predicted octanol–water partition coefficient (Wildman–Crippen LogP) is 5.09. The Labute approximate surface area is 227 Å². The summed E-state index contributed by atoms with van der Waals surface area (Å²) >= 11 is 6.07. The Bertz CT molecular complexity index is 1590. The summed E-state index contributed by atoms with van der Waals surface area (Å²) in [6, 6.07) is 10.9. The Balaban J connectivity index is 1.41. The van der Waals surface area contributed by atoms with Crippen LogP contribution in [-0.4, -0.2) is 40.4 Å². The van der Waals surface area contributed by atoms with Crippen LogP contribution < -0.4 is 15.8 Å². The lowest BCUT2D eigenvalue weighted by atomic mass is 9.92. The highest BCUT2D eigenvalue weighted by molar-refractivity contribution is 7.92. The van der Waals surface area contributed by atoms with Crippen LogP contribution in [-0.2, 0) is 16.4 Å². The summed E-state index contributed by atoms with van der Waals surface area (Å²) < 4.78 is 28.0. The fraction of sp³-hybridized carbons (Fsp3) is 0.333. The van der Waals surface area contributed by atoms with E-state index < -0.39 is 10.0 Å². The molecule has 0 radical (unpaired) electrons. The number of nitrogens with zero attached hydrogens (tertiary/aromatic N) is 4. The first-order valence-electron chi connectivity index (χ1n) is 12.7. The van der Waals surface area contributed by atoms with Crippen molar-refractivity contribution >= 4 is 44.4 Å². The van der Waals surface area contributed by atoms with Crippen molar-refractivity contribution in [2.45, 2.75) is 62.9 Å². The van der Waals surface area contributed by atoms with Crippen molar-refractivity contribution in [1.82, 2.24) is 19.9 Å². The largest absolute Gasteiger partial charge is 0.351 e. The van der Waals surface area contributed by atoms with Crippen molar-refractivity contribution in [3.8, 4) is 11.1 Å². The van der Waals surface area contributed by atoms with Gasteiger partial charge in [0.05, 0.1) is 16.2 Å². The minimum absolute atomic E-state index is 0.0228. The molecule has 2 heterocycles. The third-order valence-electron chi connectivity index (χ3n) is 6.89. The fourth-order valence-corrected chi connectivity index (χ4v) is 6.27. The summed E-state index contributed by atoms with van der Waals surface area (Å²) in [5.74, 6) is 0.612. The number of rotatable bonds is 7. The van der Waals surface area contributed by atoms with Crippen molar-refractivity contribution < 1.29 is 8.42 Å². The van der Waals surface area contributed by atoms with Crippen LogP contribution in [0.15, 0.2) is 53.7 Å². The Hall–Kier alpha value is -3.34. The van der Waals surface area contributed by atoms with Crippen LogP contribution in [0.2, 0.25) is 5.02 Å². The van der Waals surface area contributed by atoms with Gasteiger partial charge in [0.15, 0.2) is 0 Å². The molecule has 1 aliphatic rings. The number of nitrogens with two attached hydrogens (primary N) is 1. The van der Waals surface area contributed by atoms with Crippen molar-refractivity contribution in [2.75, 3.05) is 10.0 Å². The van der Waals surface area contributed by atoms with Gasteiger partial charge in [-0.1, -0.05) is 30.7 Å². The van der Waals surface area contributed by atoms with Gasteiger partial charge in [-0.25, -0.2) is 33.1 Å². The molecule has 38 heavy (non-hydrogen) atoms. The van der Waals surface area contributed by atoms with Gasteiger partial charge in [-0.05, 0) is 74.4 Å². The average Bonchev–Trinajstić information content (AvgIpc) is 2.89. The first kappa shape index (κ1) is 26.3. The van der Waals surface area contributed by atoms with Gasteiger partial charge in [-0.15, -0.1) is 0 Å². The van der Waals surface area contributed by atoms with E-state index in [0.717, 1.165) is 59.7 Å². The molecular formula is C27H30ClN7O2S. The molecule has 11 heteroatoms. The zero-order valence-electron chi connectivity index (χ0n) is 21.3. The maximum atomic E-state index is 12.8. The van der Waals surface area contributed by atoms with Crippen LogP contribution in [0, 0.1) is 6.92 Å². The van der Waals surface area contributed by atoms with Gasteiger partial charge in [0.25, 0.3) is 10.0 Å².